The van der Waals surface area contributed by atoms with Gasteiger partial charge < -0.3 is 18.8 Å². The monoisotopic (exact) mass is 377 g/mol. The van der Waals surface area contributed by atoms with Gasteiger partial charge in [-0.2, -0.15) is 0 Å². The van der Waals surface area contributed by atoms with Gasteiger partial charge in [-0.25, -0.2) is 0 Å². The second kappa shape index (κ2) is 8.60. The fourth-order valence-corrected chi connectivity index (χ4v) is 3.28. The standard InChI is InChI=1S/C20H24ClNO4/c1-14-10-16(21)6-8-19(14)25-13-20(23)22(11-17-4-3-9-24-17)12-18-7-5-15(2)26-18/h5-8,10,17H,3-4,9,11-13H2,1-2H3/t17-/m1/s1. The van der Waals surface area contributed by atoms with E-state index < -0.39 is 0 Å². The predicted molar refractivity (Wildman–Crippen MR) is 99.5 cm³/mol. The smallest absolute Gasteiger partial charge is 0.261 e. The fraction of sp³-hybridized carbons (Fsp3) is 0.450. The number of hydrogen-bond donors (Lipinski definition) is 0. The lowest BCUT2D eigenvalue weighted by Crippen LogP contribution is -2.39. The van der Waals surface area contributed by atoms with Crippen molar-refractivity contribution in [2.45, 2.75) is 39.3 Å². The quantitative estimate of drug-likeness (QED) is 0.727. The Morgan fingerprint density at radius 2 is 2.15 bits per heavy atom. The molecule has 0 unspecified atom stereocenters. The van der Waals surface area contributed by atoms with Crippen LogP contribution in [0.2, 0.25) is 5.02 Å². The molecule has 0 spiro atoms. The number of amides is 1. The van der Waals surface area contributed by atoms with Crippen LogP contribution in [0.4, 0.5) is 0 Å². The summed E-state index contributed by atoms with van der Waals surface area (Å²) >= 11 is 5.96. The van der Waals surface area contributed by atoms with Crippen molar-refractivity contribution in [2.75, 3.05) is 19.8 Å². The number of carbonyl (C=O) groups is 1. The highest BCUT2D eigenvalue weighted by Gasteiger charge is 2.24. The van der Waals surface area contributed by atoms with Gasteiger partial charge in [0, 0.05) is 18.2 Å². The van der Waals surface area contributed by atoms with E-state index in [-0.39, 0.29) is 18.6 Å². The third-order valence-electron chi connectivity index (χ3n) is 4.43. The van der Waals surface area contributed by atoms with Crippen molar-refractivity contribution in [1.82, 2.24) is 4.90 Å². The number of hydrogen-bond acceptors (Lipinski definition) is 4. The molecule has 5 nitrogen and oxygen atoms in total. The average Bonchev–Trinajstić information content (AvgIpc) is 3.25. The van der Waals surface area contributed by atoms with Gasteiger partial charge in [0.25, 0.3) is 5.91 Å². The van der Waals surface area contributed by atoms with Crippen LogP contribution in [-0.2, 0) is 16.1 Å². The van der Waals surface area contributed by atoms with Gasteiger partial charge in [0.2, 0.25) is 0 Å². The summed E-state index contributed by atoms with van der Waals surface area (Å²) in [6.07, 6.45) is 2.08. The van der Waals surface area contributed by atoms with Crippen LogP contribution in [-0.4, -0.2) is 36.7 Å². The van der Waals surface area contributed by atoms with E-state index in [1.807, 2.05) is 32.0 Å². The minimum absolute atomic E-state index is 0.0329. The Morgan fingerprint density at radius 3 is 2.81 bits per heavy atom. The lowest BCUT2D eigenvalue weighted by molar-refractivity contribution is -0.135. The predicted octanol–water partition coefficient (Wildman–Crippen LogP) is 4.14. The number of furan rings is 1. The Bertz CT molecular complexity index is 752. The van der Waals surface area contributed by atoms with Crippen molar-refractivity contribution in [3.8, 4) is 5.75 Å². The Morgan fingerprint density at radius 1 is 1.31 bits per heavy atom. The second-order valence-electron chi connectivity index (χ2n) is 6.62. The second-order valence-corrected chi connectivity index (χ2v) is 7.06. The third kappa shape index (κ3) is 5.02. The van der Waals surface area contributed by atoms with Gasteiger partial charge in [0.1, 0.15) is 17.3 Å². The molecule has 6 heteroatoms. The molecule has 0 N–H and O–H groups in total. The zero-order valence-corrected chi connectivity index (χ0v) is 15.9. The van der Waals surface area contributed by atoms with Gasteiger partial charge in [-0.15, -0.1) is 0 Å². The number of rotatable bonds is 7. The van der Waals surface area contributed by atoms with Gasteiger partial charge in [0.15, 0.2) is 6.61 Å². The van der Waals surface area contributed by atoms with Gasteiger partial charge in [-0.1, -0.05) is 11.6 Å². The summed E-state index contributed by atoms with van der Waals surface area (Å²) in [5, 5.41) is 0.648. The molecule has 0 radical (unpaired) electrons. The SMILES string of the molecule is Cc1ccc(CN(C[C@H]2CCCO2)C(=O)COc2ccc(Cl)cc2C)o1. The molecule has 0 bridgehead atoms. The van der Waals surface area contributed by atoms with E-state index in [2.05, 4.69) is 0 Å². The molecule has 140 valence electrons. The van der Waals surface area contributed by atoms with Crippen LogP contribution in [0.5, 0.6) is 5.75 Å². The summed E-state index contributed by atoms with van der Waals surface area (Å²) in [5.41, 5.74) is 0.901. The van der Waals surface area contributed by atoms with Crippen molar-refractivity contribution < 1.29 is 18.7 Å². The molecule has 3 rings (SSSR count). The summed E-state index contributed by atoms with van der Waals surface area (Å²) in [7, 11) is 0. The van der Waals surface area contributed by atoms with Crippen LogP contribution in [0, 0.1) is 13.8 Å². The first-order valence-electron chi connectivity index (χ1n) is 8.85. The number of carbonyl (C=O) groups excluding carboxylic acids is 1. The Labute approximate surface area is 158 Å². The van der Waals surface area contributed by atoms with E-state index in [1.165, 1.54) is 0 Å². The minimum Gasteiger partial charge on any atom is -0.483 e. The number of aryl methyl sites for hydroxylation is 2. The molecular formula is C20H24ClNO4. The van der Waals surface area contributed by atoms with E-state index in [1.54, 1.807) is 17.0 Å². The molecule has 1 atom stereocenters. The average molecular weight is 378 g/mol. The number of ether oxygens (including phenoxy) is 2. The molecule has 2 aromatic rings. The molecule has 1 fully saturated rings. The van der Waals surface area contributed by atoms with Crippen LogP contribution in [0.25, 0.3) is 0 Å². The molecular weight excluding hydrogens is 354 g/mol. The number of benzene rings is 1. The molecule has 26 heavy (non-hydrogen) atoms. The maximum absolute atomic E-state index is 12.8. The highest BCUT2D eigenvalue weighted by Crippen LogP contribution is 2.22. The van der Waals surface area contributed by atoms with Crippen LogP contribution in [0.1, 0.15) is 29.9 Å². The van der Waals surface area contributed by atoms with Crippen molar-refractivity contribution in [3.05, 3.63) is 52.4 Å². The van der Waals surface area contributed by atoms with E-state index in [0.717, 1.165) is 36.5 Å². The summed E-state index contributed by atoms with van der Waals surface area (Å²) in [6.45, 7) is 5.47. The first kappa shape index (κ1) is 18.8. The largest absolute Gasteiger partial charge is 0.483 e. The highest BCUT2D eigenvalue weighted by atomic mass is 35.5. The lowest BCUT2D eigenvalue weighted by atomic mass is 10.2. The maximum atomic E-state index is 12.8. The molecule has 1 amide bonds. The minimum atomic E-state index is -0.0936. The van der Waals surface area contributed by atoms with Crippen LogP contribution in [0.3, 0.4) is 0 Å². The first-order chi connectivity index (χ1) is 12.5. The van der Waals surface area contributed by atoms with E-state index in [0.29, 0.717) is 23.9 Å². The van der Waals surface area contributed by atoms with E-state index in [4.69, 9.17) is 25.5 Å². The number of halogens is 1. The molecule has 1 saturated heterocycles. The maximum Gasteiger partial charge on any atom is 0.261 e. The normalized spacial score (nSPS) is 16.7. The fourth-order valence-electron chi connectivity index (χ4n) is 3.05. The molecule has 1 aromatic heterocycles. The van der Waals surface area contributed by atoms with Crippen LogP contribution < -0.4 is 4.74 Å². The Balaban J connectivity index is 1.64. The van der Waals surface area contributed by atoms with Crippen LogP contribution in [0.15, 0.2) is 34.7 Å². The van der Waals surface area contributed by atoms with Crippen molar-refractivity contribution in [1.29, 1.82) is 0 Å². The molecule has 0 saturated carbocycles. The zero-order chi connectivity index (χ0) is 18.5. The summed E-state index contributed by atoms with van der Waals surface area (Å²) < 4.78 is 17.0. The van der Waals surface area contributed by atoms with Gasteiger partial charge in [-0.05, 0) is 62.6 Å². The molecule has 1 aromatic carbocycles. The molecule has 2 heterocycles. The Hall–Kier alpha value is -1.98. The van der Waals surface area contributed by atoms with Gasteiger partial charge >= 0.3 is 0 Å². The Kier molecular flexibility index (Phi) is 6.22. The lowest BCUT2D eigenvalue weighted by Gasteiger charge is -2.25. The summed E-state index contributed by atoms with van der Waals surface area (Å²) in [4.78, 5) is 14.5. The molecule has 1 aliphatic heterocycles. The highest BCUT2D eigenvalue weighted by molar-refractivity contribution is 6.30. The van der Waals surface area contributed by atoms with Crippen molar-refractivity contribution >= 4 is 17.5 Å². The van der Waals surface area contributed by atoms with Crippen molar-refractivity contribution in [3.63, 3.8) is 0 Å². The van der Waals surface area contributed by atoms with Gasteiger partial charge in [-0.3, -0.25) is 4.79 Å². The molecule has 1 aliphatic rings. The summed E-state index contributed by atoms with van der Waals surface area (Å²) in [6, 6.07) is 9.15. The third-order valence-corrected chi connectivity index (χ3v) is 4.67. The van der Waals surface area contributed by atoms with E-state index >= 15 is 0 Å². The van der Waals surface area contributed by atoms with E-state index in [9.17, 15) is 4.79 Å². The van der Waals surface area contributed by atoms with Gasteiger partial charge in [0.05, 0.1) is 12.6 Å². The zero-order valence-electron chi connectivity index (χ0n) is 15.2. The first-order valence-corrected chi connectivity index (χ1v) is 9.22. The summed E-state index contributed by atoms with van der Waals surface area (Å²) in [5.74, 6) is 2.16. The number of nitrogens with zero attached hydrogens (tertiary/aromatic N) is 1. The van der Waals surface area contributed by atoms with Crippen molar-refractivity contribution in [2.24, 2.45) is 0 Å². The van der Waals surface area contributed by atoms with Crippen LogP contribution >= 0.6 is 11.6 Å². The molecule has 0 aliphatic carbocycles. The topological polar surface area (TPSA) is 51.9 Å².